The van der Waals surface area contributed by atoms with Crippen molar-refractivity contribution in [3.05, 3.63) is 34.6 Å². The van der Waals surface area contributed by atoms with Gasteiger partial charge in [-0.05, 0) is 55.7 Å². The molecule has 3 atom stereocenters. The highest BCUT2D eigenvalue weighted by Crippen LogP contribution is 2.36. The van der Waals surface area contributed by atoms with Crippen LogP contribution in [-0.2, 0) is 6.42 Å². The monoisotopic (exact) mass is 269 g/mol. The maximum Gasteiger partial charge on any atom is 0.127 e. The highest BCUT2D eigenvalue weighted by atomic mass is 35.5. The molecule has 2 N–H and O–H groups in total. The van der Waals surface area contributed by atoms with Crippen LogP contribution in [0.5, 0.6) is 0 Å². The number of hydrogen-bond donors (Lipinski definition) is 1. The number of hydrogen-bond acceptors (Lipinski definition) is 1. The molecule has 0 aromatic heterocycles. The van der Waals surface area contributed by atoms with Crippen molar-refractivity contribution in [2.75, 3.05) is 6.54 Å². The van der Waals surface area contributed by atoms with Crippen molar-refractivity contribution in [2.24, 2.45) is 23.5 Å². The van der Waals surface area contributed by atoms with E-state index in [2.05, 4.69) is 6.92 Å². The normalized spacial score (nSPS) is 28.3. The minimum Gasteiger partial charge on any atom is -0.330 e. The Kier molecular flexibility index (Phi) is 4.63. The lowest BCUT2D eigenvalue weighted by Crippen LogP contribution is -2.31. The number of benzene rings is 1. The van der Waals surface area contributed by atoms with Crippen molar-refractivity contribution < 1.29 is 4.39 Å². The smallest absolute Gasteiger partial charge is 0.127 e. The Morgan fingerprint density at radius 2 is 2.11 bits per heavy atom. The van der Waals surface area contributed by atoms with Crippen LogP contribution < -0.4 is 5.73 Å². The second kappa shape index (κ2) is 6.03. The summed E-state index contributed by atoms with van der Waals surface area (Å²) in [6.07, 6.45) is 4.25. The molecule has 3 unspecified atom stereocenters. The van der Waals surface area contributed by atoms with Crippen molar-refractivity contribution in [1.29, 1.82) is 0 Å². The molecule has 3 heteroatoms. The molecule has 2 rings (SSSR count). The average Bonchev–Trinajstić information content (AvgIpc) is 2.34. The van der Waals surface area contributed by atoms with Gasteiger partial charge >= 0.3 is 0 Å². The van der Waals surface area contributed by atoms with Crippen molar-refractivity contribution >= 4 is 11.6 Å². The summed E-state index contributed by atoms with van der Waals surface area (Å²) in [5, 5.41) is 0.545. The van der Waals surface area contributed by atoms with E-state index in [9.17, 15) is 4.39 Å². The molecule has 0 spiro atoms. The zero-order valence-electron chi connectivity index (χ0n) is 10.8. The molecule has 1 fully saturated rings. The molecule has 0 saturated heterocycles. The first-order valence-corrected chi connectivity index (χ1v) is 7.12. The molecule has 1 aromatic carbocycles. The predicted octanol–water partition coefficient (Wildman–Crippen LogP) is 4.03. The average molecular weight is 270 g/mol. The molecule has 0 radical (unpaired) electrons. The largest absolute Gasteiger partial charge is 0.330 e. The van der Waals surface area contributed by atoms with E-state index >= 15 is 0 Å². The summed E-state index contributed by atoms with van der Waals surface area (Å²) < 4.78 is 13.8. The second-order valence-electron chi connectivity index (χ2n) is 5.58. The van der Waals surface area contributed by atoms with Crippen molar-refractivity contribution in [2.45, 2.75) is 32.6 Å². The van der Waals surface area contributed by atoms with Crippen LogP contribution in [0.15, 0.2) is 18.2 Å². The van der Waals surface area contributed by atoms with Gasteiger partial charge in [0.15, 0.2) is 0 Å². The Labute approximate surface area is 114 Å². The molecule has 100 valence electrons. The Bertz CT molecular complexity index is 387. The molecule has 1 aromatic rings. The second-order valence-corrected chi connectivity index (χ2v) is 5.99. The van der Waals surface area contributed by atoms with E-state index in [1.54, 1.807) is 12.1 Å². The standard InChI is InChI=1S/C15H21ClFN/c1-10-5-6-11(9-18)12(7-10)8-13-14(16)3-2-4-15(13)17/h2-4,10-12H,5-9,18H2,1H3. The van der Waals surface area contributed by atoms with Crippen LogP contribution in [0.4, 0.5) is 4.39 Å². The van der Waals surface area contributed by atoms with Gasteiger partial charge in [0.2, 0.25) is 0 Å². The SMILES string of the molecule is CC1CCC(CN)C(Cc2c(F)cccc2Cl)C1. The summed E-state index contributed by atoms with van der Waals surface area (Å²) in [6.45, 7) is 2.96. The topological polar surface area (TPSA) is 26.0 Å². The lowest BCUT2D eigenvalue weighted by molar-refractivity contribution is 0.192. The summed E-state index contributed by atoms with van der Waals surface area (Å²) in [4.78, 5) is 0. The molecule has 0 heterocycles. The molecule has 0 bridgehead atoms. The molecule has 1 saturated carbocycles. The highest BCUT2D eigenvalue weighted by Gasteiger charge is 2.28. The molecule has 18 heavy (non-hydrogen) atoms. The number of halogens is 2. The zero-order valence-corrected chi connectivity index (χ0v) is 11.6. The summed E-state index contributed by atoms with van der Waals surface area (Å²) in [6, 6.07) is 4.92. The Balaban J connectivity index is 2.15. The fraction of sp³-hybridized carbons (Fsp3) is 0.600. The van der Waals surface area contributed by atoms with E-state index in [1.807, 2.05) is 0 Å². The minimum atomic E-state index is -0.184. The van der Waals surface area contributed by atoms with Crippen LogP contribution in [0.2, 0.25) is 5.02 Å². The predicted molar refractivity (Wildman–Crippen MR) is 74.2 cm³/mol. The van der Waals surface area contributed by atoms with Gasteiger partial charge in [0.25, 0.3) is 0 Å². The lowest BCUT2D eigenvalue weighted by Gasteiger charge is -2.34. The molecule has 0 aliphatic heterocycles. The van der Waals surface area contributed by atoms with Gasteiger partial charge in [0, 0.05) is 10.6 Å². The highest BCUT2D eigenvalue weighted by molar-refractivity contribution is 6.31. The zero-order chi connectivity index (χ0) is 13.1. The third-order valence-electron chi connectivity index (χ3n) is 4.23. The molecular weight excluding hydrogens is 249 g/mol. The van der Waals surface area contributed by atoms with Crippen molar-refractivity contribution in [3.63, 3.8) is 0 Å². The third-order valence-corrected chi connectivity index (χ3v) is 4.59. The van der Waals surface area contributed by atoms with Gasteiger partial charge in [-0.2, -0.15) is 0 Å². The molecule has 1 nitrogen and oxygen atoms in total. The molecule has 1 aliphatic carbocycles. The summed E-state index contributed by atoms with van der Waals surface area (Å²) in [5.41, 5.74) is 6.51. The fourth-order valence-corrected chi connectivity index (χ4v) is 3.35. The van der Waals surface area contributed by atoms with E-state index in [4.69, 9.17) is 17.3 Å². The third kappa shape index (κ3) is 3.04. The number of nitrogens with two attached hydrogens (primary N) is 1. The summed E-state index contributed by atoms with van der Waals surface area (Å²) >= 11 is 6.10. The van der Waals surface area contributed by atoms with Gasteiger partial charge in [-0.25, -0.2) is 4.39 Å². The Morgan fingerprint density at radius 1 is 1.33 bits per heavy atom. The maximum atomic E-state index is 13.8. The summed E-state index contributed by atoms with van der Waals surface area (Å²) in [7, 11) is 0. The Hall–Kier alpha value is -0.600. The molecular formula is C15H21ClFN. The molecule has 0 amide bonds. The molecule has 1 aliphatic rings. The van der Waals surface area contributed by atoms with Crippen molar-refractivity contribution in [1.82, 2.24) is 0 Å². The summed E-state index contributed by atoms with van der Waals surface area (Å²) in [5.74, 6) is 1.50. The van der Waals surface area contributed by atoms with Gasteiger partial charge in [-0.15, -0.1) is 0 Å². The van der Waals surface area contributed by atoms with Gasteiger partial charge < -0.3 is 5.73 Å². The van der Waals surface area contributed by atoms with Crippen LogP contribution in [0.1, 0.15) is 31.7 Å². The van der Waals surface area contributed by atoms with E-state index in [0.29, 0.717) is 34.9 Å². The van der Waals surface area contributed by atoms with Gasteiger partial charge in [0.05, 0.1) is 0 Å². The first-order chi connectivity index (χ1) is 8.61. The van der Waals surface area contributed by atoms with E-state index in [-0.39, 0.29) is 5.82 Å². The van der Waals surface area contributed by atoms with Gasteiger partial charge in [-0.3, -0.25) is 0 Å². The van der Waals surface area contributed by atoms with Gasteiger partial charge in [0.1, 0.15) is 5.82 Å². The first-order valence-electron chi connectivity index (χ1n) is 6.74. The van der Waals surface area contributed by atoms with Crippen LogP contribution in [0, 0.1) is 23.6 Å². The van der Waals surface area contributed by atoms with E-state index < -0.39 is 0 Å². The first kappa shape index (κ1) is 13.8. The van der Waals surface area contributed by atoms with Crippen LogP contribution in [0.25, 0.3) is 0 Å². The van der Waals surface area contributed by atoms with E-state index in [1.165, 1.54) is 12.5 Å². The lowest BCUT2D eigenvalue weighted by atomic mass is 9.72. The Morgan fingerprint density at radius 3 is 2.78 bits per heavy atom. The maximum absolute atomic E-state index is 13.8. The van der Waals surface area contributed by atoms with Crippen molar-refractivity contribution in [3.8, 4) is 0 Å². The van der Waals surface area contributed by atoms with Crippen LogP contribution >= 0.6 is 11.6 Å². The quantitative estimate of drug-likeness (QED) is 0.881. The van der Waals surface area contributed by atoms with Gasteiger partial charge in [-0.1, -0.05) is 31.0 Å². The number of rotatable bonds is 3. The van der Waals surface area contributed by atoms with Crippen LogP contribution in [-0.4, -0.2) is 6.54 Å². The van der Waals surface area contributed by atoms with Crippen LogP contribution in [0.3, 0.4) is 0 Å². The minimum absolute atomic E-state index is 0.184. The van der Waals surface area contributed by atoms with E-state index in [0.717, 1.165) is 19.3 Å². The fourth-order valence-electron chi connectivity index (χ4n) is 3.11.